The van der Waals surface area contributed by atoms with Crippen LogP contribution in [-0.2, 0) is 16.0 Å². The van der Waals surface area contributed by atoms with Crippen LogP contribution in [0.1, 0.15) is 46.2 Å². The second-order valence-corrected chi connectivity index (χ2v) is 7.64. The number of halogens is 2. The van der Waals surface area contributed by atoms with Crippen molar-refractivity contribution in [2.24, 2.45) is 0 Å². The van der Waals surface area contributed by atoms with Crippen molar-refractivity contribution in [1.29, 1.82) is 0 Å². The molecule has 27 heavy (non-hydrogen) atoms. The average molecular weight is 409 g/mol. The highest BCUT2D eigenvalue weighted by molar-refractivity contribution is 6.35. The number of carbonyl (C=O) groups is 2. The summed E-state index contributed by atoms with van der Waals surface area (Å²) in [6, 6.07) is 7.57. The molecule has 0 radical (unpaired) electrons. The molecule has 1 aromatic heterocycles. The second kappa shape index (κ2) is 8.36. The van der Waals surface area contributed by atoms with Gasteiger partial charge in [-0.3, -0.25) is 4.79 Å². The number of amides is 1. The van der Waals surface area contributed by atoms with Crippen molar-refractivity contribution in [2.75, 3.05) is 13.2 Å². The molecule has 1 N–H and O–H groups in total. The van der Waals surface area contributed by atoms with Gasteiger partial charge in [0.15, 0.2) is 6.61 Å². The van der Waals surface area contributed by atoms with Gasteiger partial charge < -0.3 is 14.6 Å². The lowest BCUT2D eigenvalue weighted by molar-refractivity contribution is -0.124. The van der Waals surface area contributed by atoms with Gasteiger partial charge in [0, 0.05) is 34.0 Å². The molecule has 144 valence electrons. The molecule has 1 amide bonds. The summed E-state index contributed by atoms with van der Waals surface area (Å²) in [6.07, 6.45) is 2.86. The van der Waals surface area contributed by atoms with Crippen LogP contribution in [-0.4, -0.2) is 29.6 Å². The molecule has 5 nitrogen and oxygen atoms in total. The number of nitrogens with one attached hydrogen (secondary N) is 1. The van der Waals surface area contributed by atoms with Crippen molar-refractivity contribution in [1.82, 2.24) is 9.88 Å². The van der Waals surface area contributed by atoms with Crippen LogP contribution < -0.4 is 5.32 Å². The molecule has 0 unspecified atom stereocenters. The van der Waals surface area contributed by atoms with E-state index in [2.05, 4.69) is 9.88 Å². The van der Waals surface area contributed by atoms with Gasteiger partial charge in [-0.25, -0.2) is 4.79 Å². The Morgan fingerprint density at radius 2 is 1.96 bits per heavy atom. The number of hydrogen-bond acceptors (Lipinski definition) is 3. The van der Waals surface area contributed by atoms with E-state index in [0.29, 0.717) is 34.6 Å². The van der Waals surface area contributed by atoms with Crippen molar-refractivity contribution >= 4 is 35.1 Å². The van der Waals surface area contributed by atoms with Gasteiger partial charge >= 0.3 is 5.97 Å². The Morgan fingerprint density at radius 3 is 2.63 bits per heavy atom. The topological polar surface area (TPSA) is 60.3 Å². The summed E-state index contributed by atoms with van der Waals surface area (Å²) < 4.78 is 7.35. The van der Waals surface area contributed by atoms with Gasteiger partial charge in [0.25, 0.3) is 5.91 Å². The average Bonchev–Trinajstić information content (AvgIpc) is 3.40. The highest BCUT2D eigenvalue weighted by Crippen LogP contribution is 2.38. The van der Waals surface area contributed by atoms with Crippen molar-refractivity contribution < 1.29 is 14.3 Å². The molecule has 0 bridgehead atoms. The highest BCUT2D eigenvalue weighted by atomic mass is 35.5. The molecular weight excluding hydrogens is 387 g/mol. The number of ether oxygens (including phenoxy) is 1. The van der Waals surface area contributed by atoms with Crippen LogP contribution >= 0.6 is 23.2 Å². The summed E-state index contributed by atoms with van der Waals surface area (Å²) >= 11 is 12.0. The fourth-order valence-corrected chi connectivity index (χ4v) is 3.70. The van der Waals surface area contributed by atoms with Crippen LogP contribution in [0.15, 0.2) is 24.3 Å². The minimum atomic E-state index is -0.467. The maximum Gasteiger partial charge on any atom is 0.340 e. The molecule has 1 aliphatic rings. The predicted molar refractivity (Wildman–Crippen MR) is 106 cm³/mol. The molecule has 0 atom stereocenters. The maximum absolute atomic E-state index is 12.3. The first-order chi connectivity index (χ1) is 12.9. The third-order valence-electron chi connectivity index (χ3n) is 4.68. The predicted octanol–water partition coefficient (Wildman–Crippen LogP) is 4.26. The van der Waals surface area contributed by atoms with Gasteiger partial charge in [-0.15, -0.1) is 0 Å². The highest BCUT2D eigenvalue weighted by Gasteiger charge is 2.28. The smallest absolute Gasteiger partial charge is 0.340 e. The van der Waals surface area contributed by atoms with E-state index in [1.807, 2.05) is 26.0 Å². The minimum absolute atomic E-state index is 0.305. The number of hydrogen-bond donors (Lipinski definition) is 1. The van der Waals surface area contributed by atoms with Crippen LogP contribution in [0.25, 0.3) is 0 Å². The Kier molecular flexibility index (Phi) is 6.12. The Hall–Kier alpha value is -1.98. The van der Waals surface area contributed by atoms with Crippen molar-refractivity contribution in [3.63, 3.8) is 0 Å². The third-order valence-corrected chi connectivity index (χ3v) is 5.27. The van der Waals surface area contributed by atoms with Crippen LogP contribution in [0.4, 0.5) is 0 Å². The first-order valence-electron chi connectivity index (χ1n) is 8.93. The quantitative estimate of drug-likeness (QED) is 0.696. The molecule has 0 aliphatic heterocycles. The summed E-state index contributed by atoms with van der Waals surface area (Å²) in [5.41, 5.74) is 3.37. The Balaban J connectivity index is 1.46. The van der Waals surface area contributed by atoms with E-state index in [9.17, 15) is 9.59 Å². The van der Waals surface area contributed by atoms with Gasteiger partial charge in [0.1, 0.15) is 0 Å². The normalized spacial score (nSPS) is 13.5. The largest absolute Gasteiger partial charge is 0.452 e. The molecule has 1 saturated carbocycles. The Labute approximate surface area is 168 Å². The standard InChI is InChI=1S/C20H22Cl2N2O3/c1-12-9-17(13(2)24(12)16-5-6-16)20(26)27-11-19(25)23-8-7-14-3-4-15(21)10-18(14)22/h3-4,9-10,16H,5-8,11H2,1-2H3,(H,23,25). The van der Waals surface area contributed by atoms with Crippen LogP contribution in [0.2, 0.25) is 10.0 Å². The molecule has 3 rings (SSSR count). The van der Waals surface area contributed by atoms with Crippen molar-refractivity contribution in [3.05, 3.63) is 56.8 Å². The Bertz CT molecular complexity index is 872. The number of aryl methyl sites for hydroxylation is 1. The zero-order valence-corrected chi connectivity index (χ0v) is 16.9. The summed E-state index contributed by atoms with van der Waals surface area (Å²) in [7, 11) is 0. The third kappa shape index (κ3) is 4.85. The van der Waals surface area contributed by atoms with E-state index in [1.165, 1.54) is 0 Å². The zero-order chi connectivity index (χ0) is 19.6. The number of nitrogens with zero attached hydrogens (tertiary/aromatic N) is 1. The number of esters is 1. The first-order valence-corrected chi connectivity index (χ1v) is 9.68. The first kappa shape index (κ1) is 19.8. The lowest BCUT2D eigenvalue weighted by atomic mass is 10.1. The lowest BCUT2D eigenvalue weighted by Crippen LogP contribution is -2.30. The van der Waals surface area contributed by atoms with Gasteiger partial charge in [-0.2, -0.15) is 0 Å². The van der Waals surface area contributed by atoms with Crippen LogP contribution in [0.3, 0.4) is 0 Å². The van der Waals surface area contributed by atoms with E-state index in [4.69, 9.17) is 27.9 Å². The summed E-state index contributed by atoms with van der Waals surface area (Å²) in [6.45, 7) is 3.99. The van der Waals surface area contributed by atoms with E-state index in [1.54, 1.807) is 12.1 Å². The van der Waals surface area contributed by atoms with Gasteiger partial charge in [0.05, 0.1) is 5.56 Å². The maximum atomic E-state index is 12.3. The van der Waals surface area contributed by atoms with E-state index in [0.717, 1.165) is 29.8 Å². The van der Waals surface area contributed by atoms with Crippen LogP contribution in [0.5, 0.6) is 0 Å². The lowest BCUT2D eigenvalue weighted by Gasteiger charge is -2.09. The fraction of sp³-hybridized carbons (Fsp3) is 0.400. The number of carbonyl (C=O) groups excluding carboxylic acids is 2. The monoisotopic (exact) mass is 408 g/mol. The van der Waals surface area contributed by atoms with Gasteiger partial charge in [-0.1, -0.05) is 29.3 Å². The molecule has 1 heterocycles. The summed E-state index contributed by atoms with van der Waals surface area (Å²) in [5, 5.41) is 3.86. The molecule has 2 aromatic rings. The fourth-order valence-electron chi connectivity index (χ4n) is 3.20. The second-order valence-electron chi connectivity index (χ2n) is 6.80. The molecule has 0 saturated heterocycles. The molecule has 7 heteroatoms. The van der Waals surface area contributed by atoms with E-state index in [-0.39, 0.29) is 12.5 Å². The SMILES string of the molecule is Cc1cc(C(=O)OCC(=O)NCCc2ccc(Cl)cc2Cl)c(C)n1C1CC1. The minimum Gasteiger partial charge on any atom is -0.452 e. The number of benzene rings is 1. The van der Waals surface area contributed by atoms with Crippen molar-refractivity contribution in [3.8, 4) is 0 Å². The van der Waals surface area contributed by atoms with Gasteiger partial charge in [-0.05, 0) is 56.9 Å². The van der Waals surface area contributed by atoms with E-state index >= 15 is 0 Å². The number of aromatic nitrogens is 1. The summed E-state index contributed by atoms with van der Waals surface area (Å²) in [4.78, 5) is 24.2. The van der Waals surface area contributed by atoms with E-state index < -0.39 is 5.97 Å². The molecule has 1 aromatic carbocycles. The Morgan fingerprint density at radius 1 is 1.22 bits per heavy atom. The molecule has 0 spiro atoms. The number of rotatable bonds is 7. The molecule has 1 fully saturated rings. The van der Waals surface area contributed by atoms with Crippen molar-refractivity contribution in [2.45, 2.75) is 39.2 Å². The van der Waals surface area contributed by atoms with Gasteiger partial charge in [0.2, 0.25) is 0 Å². The van der Waals surface area contributed by atoms with Crippen LogP contribution in [0, 0.1) is 13.8 Å². The summed E-state index contributed by atoms with van der Waals surface area (Å²) in [5.74, 6) is -0.810. The molecular formula is C20H22Cl2N2O3. The zero-order valence-electron chi connectivity index (χ0n) is 15.4. The molecule has 1 aliphatic carbocycles.